The molecule has 0 N–H and O–H groups in total. The van der Waals surface area contributed by atoms with Crippen LogP contribution in [0.15, 0.2) is 72.8 Å². The molecule has 2 aliphatic rings. The first-order valence-corrected chi connectivity index (χ1v) is 12.3. The van der Waals surface area contributed by atoms with Gasteiger partial charge in [0.2, 0.25) is 0 Å². The molecule has 2 fully saturated rings. The number of benzene rings is 3. The highest BCUT2D eigenvalue weighted by Gasteiger charge is 2.35. The summed E-state index contributed by atoms with van der Waals surface area (Å²) in [5.74, 6) is -2.08. The van der Waals surface area contributed by atoms with E-state index in [1.54, 1.807) is 4.90 Å². The molecule has 0 bridgehead atoms. The van der Waals surface area contributed by atoms with Gasteiger partial charge in [0.15, 0.2) is 17.3 Å². The zero-order chi connectivity index (χ0) is 24.9. The molecule has 2 saturated heterocycles. The van der Waals surface area contributed by atoms with E-state index < -0.39 is 17.5 Å². The molecule has 186 valence electrons. The molecule has 0 radical (unpaired) electrons. The van der Waals surface area contributed by atoms with Crippen LogP contribution in [-0.2, 0) is 18.0 Å². The number of hydrogen-bond donors (Lipinski definition) is 0. The van der Waals surface area contributed by atoms with Crippen molar-refractivity contribution in [3.8, 4) is 11.5 Å². The Morgan fingerprint density at radius 3 is 2.22 bits per heavy atom. The largest absolute Gasteiger partial charge is 0.485 e. The van der Waals surface area contributed by atoms with Crippen LogP contribution in [0.5, 0.6) is 11.5 Å². The molecular formula is C29H29FN2O4. The van der Waals surface area contributed by atoms with E-state index in [1.165, 1.54) is 6.07 Å². The van der Waals surface area contributed by atoms with Gasteiger partial charge < -0.3 is 14.4 Å². The molecule has 0 aromatic heterocycles. The first-order chi connectivity index (χ1) is 17.6. The molecule has 6 nitrogen and oxygen atoms in total. The van der Waals surface area contributed by atoms with Crippen LogP contribution in [0, 0.1) is 5.82 Å². The molecule has 1 unspecified atom stereocenters. The van der Waals surface area contributed by atoms with Gasteiger partial charge in [-0.05, 0) is 42.6 Å². The van der Waals surface area contributed by atoms with E-state index in [4.69, 9.17) is 9.47 Å². The van der Waals surface area contributed by atoms with Gasteiger partial charge in [0.25, 0.3) is 11.7 Å². The number of nitrogens with zero attached hydrogens (tertiary/aromatic N) is 2. The summed E-state index contributed by atoms with van der Waals surface area (Å²) in [6.07, 6.45) is 2.13. The molecule has 2 aliphatic heterocycles. The number of ketones is 1. The van der Waals surface area contributed by atoms with Gasteiger partial charge in [-0.3, -0.25) is 14.5 Å². The number of ether oxygens (including phenoxy) is 2. The van der Waals surface area contributed by atoms with E-state index in [0.717, 1.165) is 43.1 Å². The van der Waals surface area contributed by atoms with Gasteiger partial charge in [-0.2, -0.15) is 0 Å². The summed E-state index contributed by atoms with van der Waals surface area (Å²) < 4.78 is 27.0. The van der Waals surface area contributed by atoms with E-state index in [2.05, 4.69) is 4.90 Å². The highest BCUT2D eigenvalue weighted by Crippen LogP contribution is 2.34. The molecule has 0 spiro atoms. The minimum Gasteiger partial charge on any atom is -0.485 e. The predicted octanol–water partition coefficient (Wildman–Crippen LogP) is 4.47. The van der Waals surface area contributed by atoms with Crippen LogP contribution >= 0.6 is 0 Å². The third-order valence-electron chi connectivity index (χ3n) is 6.80. The second kappa shape index (κ2) is 10.9. The van der Waals surface area contributed by atoms with Crippen molar-refractivity contribution in [1.29, 1.82) is 0 Å². The molecule has 7 heteroatoms. The summed E-state index contributed by atoms with van der Waals surface area (Å²) in [5.41, 5.74) is 1.71. The first kappa shape index (κ1) is 24.0. The molecule has 1 atom stereocenters. The Kier molecular flexibility index (Phi) is 7.28. The standard InChI is InChI=1S/C29H29FN2O4/c30-25-16-23(27(33)29(34)32-15-14-31-13-7-12-24(31)18-32)17-26(35-19-21-8-3-1-4-9-21)28(25)36-20-22-10-5-2-6-11-22/h1-6,8-11,16-17,24H,7,12-15,18-20H2. The third kappa shape index (κ3) is 5.41. The topological polar surface area (TPSA) is 59.1 Å². The van der Waals surface area contributed by atoms with Crippen LogP contribution in [0.2, 0.25) is 0 Å². The SMILES string of the molecule is O=C(C(=O)N1CCN2CCCC2C1)c1cc(F)c(OCc2ccccc2)c(OCc2ccccc2)c1. The van der Waals surface area contributed by atoms with Crippen LogP contribution in [0.3, 0.4) is 0 Å². The fourth-order valence-corrected chi connectivity index (χ4v) is 4.85. The summed E-state index contributed by atoms with van der Waals surface area (Å²) in [6.45, 7) is 3.13. The van der Waals surface area contributed by atoms with E-state index in [1.807, 2.05) is 60.7 Å². The number of hydrogen-bond acceptors (Lipinski definition) is 5. The minimum atomic E-state index is -0.742. The van der Waals surface area contributed by atoms with Crippen molar-refractivity contribution in [2.75, 3.05) is 26.2 Å². The normalized spacial score (nSPS) is 17.5. The second-order valence-corrected chi connectivity index (χ2v) is 9.25. The van der Waals surface area contributed by atoms with E-state index >= 15 is 4.39 Å². The highest BCUT2D eigenvalue weighted by molar-refractivity contribution is 6.42. The Morgan fingerprint density at radius 2 is 1.53 bits per heavy atom. The molecule has 2 heterocycles. The van der Waals surface area contributed by atoms with Crippen molar-refractivity contribution in [2.24, 2.45) is 0 Å². The van der Waals surface area contributed by atoms with Crippen molar-refractivity contribution < 1.29 is 23.5 Å². The fourth-order valence-electron chi connectivity index (χ4n) is 4.85. The fraction of sp³-hybridized carbons (Fsp3) is 0.310. The molecule has 36 heavy (non-hydrogen) atoms. The molecule has 3 aromatic carbocycles. The van der Waals surface area contributed by atoms with Gasteiger partial charge >= 0.3 is 0 Å². The van der Waals surface area contributed by atoms with Crippen LogP contribution in [-0.4, -0.2) is 53.7 Å². The molecule has 0 aliphatic carbocycles. The lowest BCUT2D eigenvalue weighted by Crippen LogP contribution is -2.53. The Morgan fingerprint density at radius 1 is 0.861 bits per heavy atom. The Balaban J connectivity index is 1.37. The number of piperazine rings is 1. The van der Waals surface area contributed by atoms with Gasteiger partial charge in [-0.25, -0.2) is 4.39 Å². The first-order valence-electron chi connectivity index (χ1n) is 12.3. The summed E-state index contributed by atoms with van der Waals surface area (Å²) in [6, 6.07) is 21.6. The minimum absolute atomic E-state index is 0.0403. The van der Waals surface area contributed by atoms with Gasteiger partial charge in [0, 0.05) is 31.2 Å². The molecular weight excluding hydrogens is 459 g/mol. The number of fused-ring (bicyclic) bond motifs is 1. The van der Waals surface area contributed by atoms with Crippen molar-refractivity contribution >= 4 is 11.7 Å². The maximum atomic E-state index is 15.3. The van der Waals surface area contributed by atoms with E-state index in [0.29, 0.717) is 19.1 Å². The van der Waals surface area contributed by atoms with Crippen molar-refractivity contribution in [1.82, 2.24) is 9.80 Å². The average Bonchev–Trinajstić information content (AvgIpc) is 3.39. The summed E-state index contributed by atoms with van der Waals surface area (Å²) in [7, 11) is 0. The lowest BCUT2D eigenvalue weighted by Gasteiger charge is -2.37. The Bertz CT molecular complexity index is 1220. The van der Waals surface area contributed by atoms with Crippen LogP contribution < -0.4 is 9.47 Å². The third-order valence-corrected chi connectivity index (χ3v) is 6.80. The van der Waals surface area contributed by atoms with E-state index in [-0.39, 0.29) is 30.3 Å². The molecule has 1 amide bonds. The van der Waals surface area contributed by atoms with E-state index in [9.17, 15) is 9.59 Å². The van der Waals surface area contributed by atoms with Crippen molar-refractivity contribution in [2.45, 2.75) is 32.1 Å². The summed E-state index contributed by atoms with van der Waals surface area (Å²) in [4.78, 5) is 30.1. The second-order valence-electron chi connectivity index (χ2n) is 9.25. The van der Waals surface area contributed by atoms with Gasteiger partial charge in [-0.15, -0.1) is 0 Å². The smallest absolute Gasteiger partial charge is 0.295 e. The van der Waals surface area contributed by atoms with Crippen LogP contribution in [0.25, 0.3) is 0 Å². The van der Waals surface area contributed by atoms with Gasteiger partial charge in [-0.1, -0.05) is 60.7 Å². The molecule has 5 rings (SSSR count). The van der Waals surface area contributed by atoms with Gasteiger partial charge in [0.05, 0.1) is 0 Å². The van der Waals surface area contributed by atoms with Crippen molar-refractivity contribution in [3.63, 3.8) is 0 Å². The van der Waals surface area contributed by atoms with Gasteiger partial charge in [0.1, 0.15) is 13.2 Å². The number of carbonyl (C=O) groups is 2. The number of carbonyl (C=O) groups excluding carboxylic acids is 2. The molecule has 3 aromatic rings. The monoisotopic (exact) mass is 488 g/mol. The Labute approximate surface area is 210 Å². The average molecular weight is 489 g/mol. The summed E-state index contributed by atoms with van der Waals surface area (Å²) in [5, 5.41) is 0. The number of rotatable bonds is 8. The number of amides is 1. The van der Waals surface area contributed by atoms with Crippen molar-refractivity contribution in [3.05, 3.63) is 95.3 Å². The summed E-state index contributed by atoms with van der Waals surface area (Å²) >= 11 is 0. The number of halogens is 1. The zero-order valence-corrected chi connectivity index (χ0v) is 20.1. The molecule has 0 saturated carbocycles. The van der Waals surface area contributed by atoms with Crippen LogP contribution in [0.1, 0.15) is 34.3 Å². The highest BCUT2D eigenvalue weighted by atomic mass is 19.1. The lowest BCUT2D eigenvalue weighted by atomic mass is 10.1. The number of Topliss-reactive ketones (excluding diaryl/α,β-unsaturated/α-hetero) is 1. The zero-order valence-electron chi connectivity index (χ0n) is 20.1. The lowest BCUT2D eigenvalue weighted by molar-refractivity contribution is -0.128. The predicted molar refractivity (Wildman–Crippen MR) is 133 cm³/mol. The maximum Gasteiger partial charge on any atom is 0.295 e. The van der Waals surface area contributed by atoms with Crippen LogP contribution in [0.4, 0.5) is 4.39 Å². The quantitative estimate of drug-likeness (QED) is 0.346. The maximum absolute atomic E-state index is 15.3. The Hall–Kier alpha value is -3.71.